The Morgan fingerprint density at radius 1 is 0.708 bits per heavy atom. The largest absolute Gasteiger partial charge is 0.489 e. The van der Waals surface area contributed by atoms with E-state index in [4.69, 9.17) is 42.1 Å². The van der Waals surface area contributed by atoms with Crippen LogP contribution in [-0.4, -0.2) is 30.2 Å². The van der Waals surface area contributed by atoms with Crippen molar-refractivity contribution in [3.8, 4) is 23.0 Å². The summed E-state index contributed by atoms with van der Waals surface area (Å²) in [7, 11) is 0. The van der Waals surface area contributed by atoms with Crippen LogP contribution in [0.4, 0.5) is 0 Å². The molecule has 0 aliphatic carbocycles. The minimum Gasteiger partial charge on any atom is -0.489 e. The first-order valence-electron chi connectivity index (χ1n) is 14.6. The Kier molecular flexibility index (Phi) is 11.4. The zero-order chi connectivity index (χ0) is 33.9. The van der Waals surface area contributed by atoms with Crippen molar-refractivity contribution in [3.05, 3.63) is 154 Å². The number of ether oxygens (including phenoxy) is 4. The lowest BCUT2D eigenvalue weighted by Gasteiger charge is -2.14. The number of nitrogens with zero attached hydrogens (tertiary/aromatic N) is 1. The fourth-order valence-electron chi connectivity index (χ4n) is 4.14. The van der Waals surface area contributed by atoms with Crippen molar-refractivity contribution >= 4 is 47.3 Å². The number of carbonyl (C=O) groups is 3. The summed E-state index contributed by atoms with van der Waals surface area (Å²) in [6.07, 6.45) is 0.397. The lowest BCUT2D eigenvalue weighted by atomic mass is 10.2. The topological polar surface area (TPSA) is 113 Å². The number of carbonyl (C=O) groups excluding carboxylic acids is 3. The van der Waals surface area contributed by atoms with Gasteiger partial charge in [-0.1, -0.05) is 53.5 Å². The van der Waals surface area contributed by atoms with Crippen LogP contribution < -0.4 is 24.4 Å². The second-order valence-electron chi connectivity index (χ2n) is 10.2. The molecule has 0 aliphatic heterocycles. The fourth-order valence-corrected chi connectivity index (χ4v) is 4.39. The lowest BCUT2D eigenvalue weighted by Crippen LogP contribution is -2.33. The molecule has 11 heteroatoms. The Labute approximate surface area is 286 Å². The van der Waals surface area contributed by atoms with Gasteiger partial charge in [-0.15, -0.1) is 0 Å². The first-order chi connectivity index (χ1) is 23.2. The van der Waals surface area contributed by atoms with Gasteiger partial charge in [-0.2, -0.15) is 5.10 Å². The van der Waals surface area contributed by atoms with Gasteiger partial charge in [-0.3, -0.25) is 4.79 Å². The second kappa shape index (κ2) is 16.3. The van der Waals surface area contributed by atoms with Gasteiger partial charge in [0.2, 0.25) is 0 Å². The molecule has 0 bridgehead atoms. The molecule has 0 aromatic heterocycles. The van der Waals surface area contributed by atoms with Crippen LogP contribution in [0.1, 0.15) is 38.8 Å². The van der Waals surface area contributed by atoms with Crippen LogP contribution in [0.5, 0.6) is 23.0 Å². The minimum absolute atomic E-state index is 0.0215. The number of hydrogen-bond donors (Lipinski definition) is 1. The smallest absolute Gasteiger partial charge is 0.343 e. The SMILES string of the molecule is CC(Oc1ccc(OCc2ccccc2)cc1)C(=O)NN=Cc1ccc(OC(=O)c2ccc(Cl)cc2)cc1OC(=O)c1ccc(Cl)cc1. The number of benzene rings is 5. The predicted octanol–water partition coefficient (Wildman–Crippen LogP) is 7.93. The summed E-state index contributed by atoms with van der Waals surface area (Å²) in [5, 5.41) is 4.94. The van der Waals surface area contributed by atoms with Crippen LogP contribution in [0.2, 0.25) is 10.0 Å². The maximum absolute atomic E-state index is 12.9. The summed E-state index contributed by atoms with van der Waals surface area (Å²) >= 11 is 11.9. The highest BCUT2D eigenvalue weighted by Gasteiger charge is 2.17. The van der Waals surface area contributed by atoms with Crippen molar-refractivity contribution in [3.63, 3.8) is 0 Å². The lowest BCUT2D eigenvalue weighted by molar-refractivity contribution is -0.127. The van der Waals surface area contributed by atoms with Gasteiger partial charge in [0.05, 0.1) is 17.3 Å². The molecular weight excluding hydrogens is 655 g/mol. The van der Waals surface area contributed by atoms with E-state index in [-0.39, 0.29) is 22.6 Å². The van der Waals surface area contributed by atoms with E-state index in [0.29, 0.717) is 33.7 Å². The summed E-state index contributed by atoms with van der Waals surface area (Å²) in [6, 6.07) is 33.4. The molecule has 5 aromatic carbocycles. The van der Waals surface area contributed by atoms with Gasteiger partial charge >= 0.3 is 11.9 Å². The van der Waals surface area contributed by atoms with Gasteiger partial charge in [0.15, 0.2) is 6.10 Å². The third-order valence-electron chi connectivity index (χ3n) is 6.69. The number of hydrogen-bond acceptors (Lipinski definition) is 8. The number of amides is 1. The molecule has 1 unspecified atom stereocenters. The zero-order valence-electron chi connectivity index (χ0n) is 25.5. The zero-order valence-corrected chi connectivity index (χ0v) is 27.0. The van der Waals surface area contributed by atoms with E-state index in [1.165, 1.54) is 48.7 Å². The number of rotatable bonds is 12. The maximum Gasteiger partial charge on any atom is 0.343 e. The quantitative estimate of drug-likeness (QED) is 0.0615. The van der Waals surface area contributed by atoms with Gasteiger partial charge in [0.25, 0.3) is 5.91 Å². The molecule has 0 radical (unpaired) electrons. The van der Waals surface area contributed by atoms with Gasteiger partial charge in [0, 0.05) is 21.7 Å². The first kappa shape index (κ1) is 33.7. The summed E-state index contributed by atoms with van der Waals surface area (Å²) in [6.45, 7) is 2.00. The van der Waals surface area contributed by atoms with Gasteiger partial charge < -0.3 is 18.9 Å². The molecule has 0 fully saturated rings. The number of esters is 2. The van der Waals surface area contributed by atoms with E-state index < -0.39 is 23.9 Å². The van der Waals surface area contributed by atoms with Crippen molar-refractivity contribution in [2.75, 3.05) is 0 Å². The molecule has 5 rings (SSSR count). The van der Waals surface area contributed by atoms with E-state index in [2.05, 4.69) is 10.5 Å². The number of hydrazone groups is 1. The third kappa shape index (κ3) is 9.68. The standard InChI is InChI=1S/C37H28Cl2N2O7/c1-24(46-32-19-17-31(18-20-32)45-23-25-5-3-2-4-6-25)35(42)41-40-22-28-11-16-33(47-36(43)26-7-12-29(38)13-8-26)21-34(28)48-37(44)27-9-14-30(39)15-10-27/h2-22,24H,23H2,1H3,(H,41,42). The average Bonchev–Trinajstić information content (AvgIpc) is 3.09. The Bertz CT molecular complexity index is 1900. The molecule has 5 aromatic rings. The minimum atomic E-state index is -0.893. The second-order valence-corrected chi connectivity index (χ2v) is 11.1. The summed E-state index contributed by atoms with van der Waals surface area (Å²) < 4.78 is 22.6. The number of nitrogens with one attached hydrogen (secondary N) is 1. The van der Waals surface area contributed by atoms with Gasteiger partial charge in [-0.25, -0.2) is 15.0 Å². The Morgan fingerprint density at radius 3 is 1.90 bits per heavy atom. The van der Waals surface area contributed by atoms with E-state index in [9.17, 15) is 14.4 Å². The normalized spacial score (nSPS) is 11.4. The van der Waals surface area contributed by atoms with Crippen LogP contribution in [0.15, 0.2) is 126 Å². The molecule has 1 atom stereocenters. The fraction of sp³-hybridized carbons (Fsp3) is 0.0811. The van der Waals surface area contributed by atoms with Crippen LogP contribution in [0.25, 0.3) is 0 Å². The summed E-state index contributed by atoms with van der Waals surface area (Å²) in [4.78, 5) is 38.3. The molecule has 0 saturated carbocycles. The third-order valence-corrected chi connectivity index (χ3v) is 7.19. The van der Waals surface area contributed by atoms with Crippen LogP contribution in [-0.2, 0) is 11.4 Å². The van der Waals surface area contributed by atoms with Crippen molar-refractivity contribution in [1.82, 2.24) is 5.43 Å². The highest BCUT2D eigenvalue weighted by atomic mass is 35.5. The van der Waals surface area contributed by atoms with E-state index >= 15 is 0 Å². The highest BCUT2D eigenvalue weighted by molar-refractivity contribution is 6.31. The molecule has 48 heavy (non-hydrogen) atoms. The van der Waals surface area contributed by atoms with Crippen LogP contribution in [0.3, 0.4) is 0 Å². The molecule has 1 N–H and O–H groups in total. The monoisotopic (exact) mass is 682 g/mol. The summed E-state index contributed by atoms with van der Waals surface area (Å²) in [5.41, 5.74) is 4.29. The predicted molar refractivity (Wildman–Crippen MR) is 182 cm³/mol. The summed E-state index contributed by atoms with van der Waals surface area (Å²) in [5.74, 6) is -0.602. The van der Waals surface area contributed by atoms with E-state index in [1.54, 1.807) is 55.5 Å². The molecule has 0 heterocycles. The molecule has 1 amide bonds. The Morgan fingerprint density at radius 2 is 1.27 bits per heavy atom. The molecule has 9 nitrogen and oxygen atoms in total. The van der Waals surface area contributed by atoms with Crippen molar-refractivity contribution < 1.29 is 33.3 Å². The number of halogens is 2. The maximum atomic E-state index is 12.9. The molecule has 242 valence electrons. The average molecular weight is 684 g/mol. The van der Waals surface area contributed by atoms with Crippen LogP contribution >= 0.6 is 23.2 Å². The van der Waals surface area contributed by atoms with E-state index in [1.807, 2.05) is 30.3 Å². The molecule has 0 spiro atoms. The van der Waals surface area contributed by atoms with Crippen molar-refractivity contribution in [2.45, 2.75) is 19.6 Å². The van der Waals surface area contributed by atoms with Gasteiger partial charge in [-0.05, 0) is 97.4 Å². The Hall–Kier alpha value is -5.64. The highest BCUT2D eigenvalue weighted by Crippen LogP contribution is 2.26. The van der Waals surface area contributed by atoms with Gasteiger partial charge in [0.1, 0.15) is 29.6 Å². The van der Waals surface area contributed by atoms with Crippen molar-refractivity contribution in [1.29, 1.82) is 0 Å². The van der Waals surface area contributed by atoms with E-state index in [0.717, 1.165) is 5.56 Å². The molecular formula is C37H28Cl2N2O7. The van der Waals surface area contributed by atoms with Crippen LogP contribution in [0, 0.1) is 0 Å². The molecule has 0 saturated heterocycles. The Balaban J connectivity index is 1.22. The van der Waals surface area contributed by atoms with Crippen molar-refractivity contribution in [2.24, 2.45) is 5.10 Å². The first-order valence-corrected chi connectivity index (χ1v) is 15.3. The molecule has 0 aliphatic rings.